The van der Waals surface area contributed by atoms with Gasteiger partial charge in [0.15, 0.2) is 0 Å². The van der Waals surface area contributed by atoms with Crippen LogP contribution in [0.25, 0.3) is 5.70 Å². The van der Waals surface area contributed by atoms with E-state index in [1.54, 1.807) is 0 Å². The molecule has 1 aromatic rings. The minimum absolute atomic E-state index is 0.735. The maximum Gasteiger partial charge on any atom is 0.0647 e. The van der Waals surface area contributed by atoms with Crippen molar-refractivity contribution < 1.29 is 5.21 Å². The highest BCUT2D eigenvalue weighted by Gasteiger charge is 1.98. The topological polar surface area (TPSA) is 35.5 Å². The van der Waals surface area contributed by atoms with Crippen molar-refractivity contribution in [2.75, 3.05) is 20.6 Å². The Bertz CT molecular complexity index is 293. The van der Waals surface area contributed by atoms with Gasteiger partial charge in [-0.2, -0.15) is 0 Å². The summed E-state index contributed by atoms with van der Waals surface area (Å²) in [6.07, 6.45) is 1.94. The van der Waals surface area contributed by atoms with Gasteiger partial charge in [-0.05, 0) is 25.7 Å². The van der Waals surface area contributed by atoms with E-state index in [0.29, 0.717) is 0 Å². The van der Waals surface area contributed by atoms with Crippen LogP contribution < -0.4 is 5.48 Å². The Morgan fingerprint density at radius 3 is 2.50 bits per heavy atom. The molecular weight excluding hydrogens is 176 g/mol. The molecule has 0 aliphatic heterocycles. The number of rotatable bonds is 4. The minimum atomic E-state index is 0.735. The largest absolute Gasteiger partial charge is 0.306 e. The average molecular weight is 192 g/mol. The van der Waals surface area contributed by atoms with Gasteiger partial charge in [-0.1, -0.05) is 30.3 Å². The van der Waals surface area contributed by atoms with Crippen LogP contribution in [-0.4, -0.2) is 30.7 Å². The molecular formula is C11H16N2O. The third kappa shape index (κ3) is 3.20. The van der Waals surface area contributed by atoms with Crippen molar-refractivity contribution in [3.8, 4) is 0 Å². The number of nitrogens with zero attached hydrogens (tertiary/aromatic N) is 1. The van der Waals surface area contributed by atoms with E-state index in [1.165, 1.54) is 0 Å². The first-order chi connectivity index (χ1) is 6.74. The molecule has 1 aromatic carbocycles. The summed E-state index contributed by atoms with van der Waals surface area (Å²) in [5, 5.41) is 8.96. The van der Waals surface area contributed by atoms with Crippen molar-refractivity contribution in [3.05, 3.63) is 42.0 Å². The first-order valence-corrected chi connectivity index (χ1v) is 4.54. The molecule has 0 heterocycles. The number of nitrogens with one attached hydrogen (secondary N) is 1. The molecule has 3 heteroatoms. The van der Waals surface area contributed by atoms with Gasteiger partial charge in [0.2, 0.25) is 0 Å². The molecule has 0 amide bonds. The van der Waals surface area contributed by atoms with Crippen LogP contribution in [0.5, 0.6) is 0 Å². The van der Waals surface area contributed by atoms with Gasteiger partial charge in [0.05, 0.1) is 5.70 Å². The molecule has 0 bridgehead atoms. The molecule has 0 unspecified atom stereocenters. The van der Waals surface area contributed by atoms with Gasteiger partial charge in [0.25, 0.3) is 0 Å². The number of hydroxylamine groups is 1. The smallest absolute Gasteiger partial charge is 0.0647 e. The molecule has 0 saturated carbocycles. The Balaban J connectivity index is 2.77. The molecule has 2 N–H and O–H groups in total. The van der Waals surface area contributed by atoms with Gasteiger partial charge in [-0.15, -0.1) is 0 Å². The second kappa shape index (κ2) is 5.42. The van der Waals surface area contributed by atoms with Crippen LogP contribution in [0.2, 0.25) is 0 Å². The molecule has 14 heavy (non-hydrogen) atoms. The van der Waals surface area contributed by atoms with Crippen LogP contribution in [0, 0.1) is 0 Å². The lowest BCUT2D eigenvalue weighted by Crippen LogP contribution is -2.14. The van der Waals surface area contributed by atoms with Crippen molar-refractivity contribution in [3.63, 3.8) is 0 Å². The highest BCUT2D eigenvalue weighted by Crippen LogP contribution is 2.09. The third-order valence-corrected chi connectivity index (χ3v) is 1.87. The Hall–Kier alpha value is -1.32. The van der Waals surface area contributed by atoms with Crippen LogP contribution in [0.4, 0.5) is 0 Å². The van der Waals surface area contributed by atoms with E-state index in [9.17, 15) is 0 Å². The molecule has 0 spiro atoms. The molecule has 0 radical (unpaired) electrons. The summed E-state index contributed by atoms with van der Waals surface area (Å²) >= 11 is 0. The summed E-state index contributed by atoms with van der Waals surface area (Å²) in [6.45, 7) is 0.789. The predicted molar refractivity (Wildman–Crippen MR) is 57.9 cm³/mol. The monoisotopic (exact) mass is 192 g/mol. The summed E-state index contributed by atoms with van der Waals surface area (Å²) in [7, 11) is 3.97. The molecule has 0 fully saturated rings. The van der Waals surface area contributed by atoms with Crippen molar-refractivity contribution in [2.45, 2.75) is 0 Å². The number of hydrogen-bond donors (Lipinski definition) is 2. The van der Waals surface area contributed by atoms with Crippen LogP contribution in [0.15, 0.2) is 36.4 Å². The molecule has 0 aromatic heterocycles. The third-order valence-electron chi connectivity index (χ3n) is 1.87. The Kier molecular flexibility index (Phi) is 4.16. The summed E-state index contributed by atoms with van der Waals surface area (Å²) in [6, 6.07) is 9.73. The van der Waals surface area contributed by atoms with Gasteiger partial charge >= 0.3 is 0 Å². The zero-order valence-corrected chi connectivity index (χ0v) is 8.57. The zero-order valence-electron chi connectivity index (χ0n) is 8.57. The van der Waals surface area contributed by atoms with E-state index in [1.807, 2.05) is 55.4 Å². The fraction of sp³-hybridized carbons (Fsp3) is 0.273. The van der Waals surface area contributed by atoms with Gasteiger partial charge in [-0.25, -0.2) is 0 Å². The normalized spacial score (nSPS) is 11.9. The molecule has 0 saturated heterocycles. The van der Waals surface area contributed by atoms with Gasteiger partial charge < -0.3 is 4.90 Å². The maximum atomic E-state index is 8.96. The minimum Gasteiger partial charge on any atom is -0.306 e. The summed E-state index contributed by atoms with van der Waals surface area (Å²) < 4.78 is 0. The van der Waals surface area contributed by atoms with E-state index >= 15 is 0 Å². The first-order valence-electron chi connectivity index (χ1n) is 4.54. The van der Waals surface area contributed by atoms with E-state index in [4.69, 9.17) is 5.21 Å². The van der Waals surface area contributed by atoms with Gasteiger partial charge in [0, 0.05) is 6.54 Å². The Morgan fingerprint density at radius 2 is 2.00 bits per heavy atom. The SMILES string of the molecule is CN(C)C/C=C(/NO)c1ccccc1. The van der Waals surface area contributed by atoms with Crippen LogP contribution in [0.1, 0.15) is 5.56 Å². The molecule has 3 nitrogen and oxygen atoms in total. The van der Waals surface area contributed by atoms with E-state index in [-0.39, 0.29) is 0 Å². The number of likely N-dealkylation sites (N-methyl/N-ethyl adjacent to an activating group) is 1. The summed E-state index contributed by atoms with van der Waals surface area (Å²) in [5.74, 6) is 0. The molecule has 1 rings (SSSR count). The average Bonchev–Trinajstić information content (AvgIpc) is 2.20. The summed E-state index contributed by atoms with van der Waals surface area (Å²) in [5.41, 5.74) is 3.93. The van der Waals surface area contributed by atoms with Crippen molar-refractivity contribution >= 4 is 5.70 Å². The van der Waals surface area contributed by atoms with Gasteiger partial charge in [0.1, 0.15) is 0 Å². The zero-order chi connectivity index (χ0) is 10.4. The second-order valence-electron chi connectivity index (χ2n) is 3.36. The number of benzene rings is 1. The standard InChI is InChI=1S/C11H16N2O/c1-13(2)9-8-11(12-14)10-6-4-3-5-7-10/h3-8,12,14H,9H2,1-2H3/b11-8+. The molecule has 76 valence electrons. The first kappa shape index (κ1) is 10.8. The van der Waals surface area contributed by atoms with Crippen LogP contribution in [0.3, 0.4) is 0 Å². The lowest BCUT2D eigenvalue weighted by molar-refractivity contribution is 0.224. The molecule has 0 aliphatic rings. The van der Waals surface area contributed by atoms with E-state index < -0.39 is 0 Å². The van der Waals surface area contributed by atoms with Crippen molar-refractivity contribution in [1.29, 1.82) is 0 Å². The molecule has 0 aliphatic carbocycles. The predicted octanol–water partition coefficient (Wildman–Crippen LogP) is 1.57. The highest BCUT2D eigenvalue weighted by atomic mass is 16.5. The van der Waals surface area contributed by atoms with Gasteiger partial charge in [-0.3, -0.25) is 10.7 Å². The fourth-order valence-corrected chi connectivity index (χ4v) is 1.12. The lowest BCUT2D eigenvalue weighted by atomic mass is 10.1. The van der Waals surface area contributed by atoms with Crippen LogP contribution in [-0.2, 0) is 0 Å². The number of hydrogen-bond acceptors (Lipinski definition) is 3. The van der Waals surface area contributed by atoms with Crippen LogP contribution >= 0.6 is 0 Å². The van der Waals surface area contributed by atoms with E-state index in [2.05, 4.69) is 5.48 Å². The maximum absolute atomic E-state index is 8.96. The van der Waals surface area contributed by atoms with Crippen molar-refractivity contribution in [1.82, 2.24) is 10.4 Å². The Labute approximate surface area is 84.6 Å². The summed E-state index contributed by atoms with van der Waals surface area (Å²) in [4.78, 5) is 2.03. The van der Waals surface area contributed by atoms with E-state index in [0.717, 1.165) is 17.8 Å². The lowest BCUT2D eigenvalue weighted by Gasteiger charge is -2.09. The second-order valence-corrected chi connectivity index (χ2v) is 3.36. The highest BCUT2D eigenvalue weighted by molar-refractivity contribution is 5.62. The van der Waals surface area contributed by atoms with Crippen molar-refractivity contribution in [2.24, 2.45) is 0 Å². The Morgan fingerprint density at radius 1 is 1.36 bits per heavy atom. The fourth-order valence-electron chi connectivity index (χ4n) is 1.12. The quantitative estimate of drug-likeness (QED) is 0.711. The molecule has 0 atom stereocenters.